The second kappa shape index (κ2) is 4.87. The Bertz CT molecular complexity index is 193. The zero-order chi connectivity index (χ0) is 9.68. The van der Waals surface area contributed by atoms with Crippen molar-refractivity contribution in [3.63, 3.8) is 0 Å². The number of nitrogens with zero attached hydrogens (tertiary/aromatic N) is 1. The molecule has 2 N–H and O–H groups in total. The number of rotatable bonds is 2. The molecule has 0 unspecified atom stereocenters. The Morgan fingerprint density at radius 1 is 1.85 bits per heavy atom. The Morgan fingerprint density at radius 2 is 2.62 bits per heavy atom. The van der Waals surface area contributed by atoms with Gasteiger partial charge in [-0.1, -0.05) is 6.08 Å². The summed E-state index contributed by atoms with van der Waals surface area (Å²) in [7, 11) is 0. The van der Waals surface area contributed by atoms with Gasteiger partial charge >= 0.3 is 6.03 Å². The Labute approximate surface area is 79.0 Å². The zero-order valence-electron chi connectivity index (χ0n) is 8.05. The summed E-state index contributed by atoms with van der Waals surface area (Å²) in [5, 5.41) is 6.04. The molecule has 0 saturated carbocycles. The normalized spacial score (nSPS) is 22.5. The summed E-state index contributed by atoms with van der Waals surface area (Å²) >= 11 is 0. The number of piperazine rings is 1. The highest BCUT2D eigenvalue weighted by atomic mass is 16.2. The molecule has 0 aromatic carbocycles. The van der Waals surface area contributed by atoms with E-state index in [1.54, 1.807) is 6.08 Å². The summed E-state index contributed by atoms with van der Waals surface area (Å²) < 4.78 is 0. The topological polar surface area (TPSA) is 44.4 Å². The number of carbonyl (C=O) groups is 1. The molecule has 1 atom stereocenters. The van der Waals surface area contributed by atoms with E-state index in [4.69, 9.17) is 0 Å². The molecule has 4 nitrogen and oxygen atoms in total. The van der Waals surface area contributed by atoms with Gasteiger partial charge in [-0.05, 0) is 6.92 Å². The van der Waals surface area contributed by atoms with Crippen molar-refractivity contribution in [2.24, 2.45) is 0 Å². The van der Waals surface area contributed by atoms with Gasteiger partial charge in [0.25, 0.3) is 0 Å². The third kappa shape index (κ3) is 3.06. The van der Waals surface area contributed by atoms with Gasteiger partial charge in [-0.25, -0.2) is 4.79 Å². The SMILES string of the molecule is C=CCNC(=O)N1CCN[C@@H](C)C1. The molecule has 2 amide bonds. The van der Waals surface area contributed by atoms with Gasteiger partial charge in [0.05, 0.1) is 0 Å². The van der Waals surface area contributed by atoms with Crippen LogP contribution in [-0.4, -0.2) is 43.2 Å². The predicted octanol–water partition coefficient (Wildman–Crippen LogP) is 0.176. The van der Waals surface area contributed by atoms with Crippen LogP contribution in [0, 0.1) is 0 Å². The van der Waals surface area contributed by atoms with Crippen molar-refractivity contribution in [3.05, 3.63) is 12.7 Å². The summed E-state index contributed by atoms with van der Waals surface area (Å²) in [4.78, 5) is 13.3. The van der Waals surface area contributed by atoms with E-state index in [1.807, 2.05) is 4.90 Å². The third-order valence-electron chi connectivity index (χ3n) is 2.05. The van der Waals surface area contributed by atoms with Crippen molar-refractivity contribution in [1.29, 1.82) is 0 Å². The minimum atomic E-state index is 0.00764. The average molecular weight is 183 g/mol. The first-order valence-electron chi connectivity index (χ1n) is 4.61. The lowest BCUT2D eigenvalue weighted by molar-refractivity contribution is 0.180. The van der Waals surface area contributed by atoms with Crippen LogP contribution in [0.3, 0.4) is 0 Å². The van der Waals surface area contributed by atoms with Gasteiger partial charge in [0.2, 0.25) is 0 Å². The fraction of sp³-hybridized carbons (Fsp3) is 0.667. The van der Waals surface area contributed by atoms with E-state index in [1.165, 1.54) is 0 Å². The quantitative estimate of drug-likeness (QED) is 0.600. The largest absolute Gasteiger partial charge is 0.335 e. The van der Waals surface area contributed by atoms with Crippen LogP contribution in [0.25, 0.3) is 0 Å². The van der Waals surface area contributed by atoms with Crippen LogP contribution in [0.5, 0.6) is 0 Å². The van der Waals surface area contributed by atoms with Crippen LogP contribution in [0.2, 0.25) is 0 Å². The first-order valence-corrected chi connectivity index (χ1v) is 4.61. The van der Waals surface area contributed by atoms with Gasteiger partial charge in [-0.3, -0.25) is 0 Å². The molecule has 0 radical (unpaired) electrons. The maximum absolute atomic E-state index is 11.4. The molecular formula is C9H17N3O. The fourth-order valence-electron chi connectivity index (χ4n) is 1.39. The number of amides is 2. The fourth-order valence-corrected chi connectivity index (χ4v) is 1.39. The molecule has 0 bridgehead atoms. The molecular weight excluding hydrogens is 166 g/mol. The second-order valence-electron chi connectivity index (χ2n) is 3.28. The molecule has 4 heteroatoms. The molecule has 1 aliphatic heterocycles. The van der Waals surface area contributed by atoms with Gasteiger partial charge in [0, 0.05) is 32.2 Å². The number of hydrogen-bond acceptors (Lipinski definition) is 2. The summed E-state index contributed by atoms with van der Waals surface area (Å²) in [6.07, 6.45) is 1.68. The lowest BCUT2D eigenvalue weighted by Crippen LogP contribution is -2.54. The highest BCUT2D eigenvalue weighted by Gasteiger charge is 2.19. The second-order valence-corrected chi connectivity index (χ2v) is 3.28. The number of nitrogens with one attached hydrogen (secondary N) is 2. The lowest BCUT2D eigenvalue weighted by Gasteiger charge is -2.31. The minimum absolute atomic E-state index is 0.00764. The monoisotopic (exact) mass is 183 g/mol. The van der Waals surface area contributed by atoms with Crippen molar-refractivity contribution in [2.45, 2.75) is 13.0 Å². The Hall–Kier alpha value is -1.03. The van der Waals surface area contributed by atoms with Gasteiger partial charge in [-0.2, -0.15) is 0 Å². The summed E-state index contributed by atoms with van der Waals surface area (Å²) in [6, 6.07) is 0.400. The summed E-state index contributed by atoms with van der Waals surface area (Å²) in [6.45, 7) is 8.61. The summed E-state index contributed by atoms with van der Waals surface area (Å²) in [5.74, 6) is 0. The van der Waals surface area contributed by atoms with E-state index in [9.17, 15) is 4.79 Å². The summed E-state index contributed by atoms with van der Waals surface area (Å²) in [5.41, 5.74) is 0. The van der Waals surface area contributed by atoms with Crippen molar-refractivity contribution in [3.8, 4) is 0 Å². The first-order chi connectivity index (χ1) is 6.24. The van der Waals surface area contributed by atoms with E-state index < -0.39 is 0 Å². The van der Waals surface area contributed by atoms with Crippen LogP contribution in [0.15, 0.2) is 12.7 Å². The van der Waals surface area contributed by atoms with Crippen molar-refractivity contribution >= 4 is 6.03 Å². The van der Waals surface area contributed by atoms with E-state index in [0.29, 0.717) is 12.6 Å². The smallest absolute Gasteiger partial charge is 0.317 e. The molecule has 1 rings (SSSR count). The van der Waals surface area contributed by atoms with Crippen molar-refractivity contribution in [2.75, 3.05) is 26.2 Å². The van der Waals surface area contributed by atoms with E-state index in [2.05, 4.69) is 24.1 Å². The minimum Gasteiger partial charge on any atom is -0.335 e. The molecule has 13 heavy (non-hydrogen) atoms. The van der Waals surface area contributed by atoms with E-state index in [0.717, 1.165) is 19.6 Å². The van der Waals surface area contributed by atoms with E-state index >= 15 is 0 Å². The molecule has 0 aromatic rings. The molecule has 74 valence electrons. The van der Waals surface area contributed by atoms with Gasteiger partial charge in [0.1, 0.15) is 0 Å². The third-order valence-corrected chi connectivity index (χ3v) is 2.05. The Balaban J connectivity index is 2.32. The number of hydrogen-bond donors (Lipinski definition) is 2. The van der Waals surface area contributed by atoms with Gasteiger partial charge < -0.3 is 15.5 Å². The van der Waals surface area contributed by atoms with Crippen LogP contribution in [0.1, 0.15) is 6.92 Å². The Morgan fingerprint density at radius 3 is 3.23 bits per heavy atom. The predicted molar refractivity (Wildman–Crippen MR) is 52.6 cm³/mol. The standard InChI is InChI=1S/C9H17N3O/c1-3-4-11-9(13)12-6-5-10-8(2)7-12/h3,8,10H,1,4-7H2,2H3,(H,11,13)/t8-/m0/s1. The van der Waals surface area contributed by atoms with Crippen LogP contribution < -0.4 is 10.6 Å². The number of carbonyl (C=O) groups excluding carboxylic acids is 1. The highest BCUT2D eigenvalue weighted by molar-refractivity contribution is 5.74. The molecule has 1 saturated heterocycles. The van der Waals surface area contributed by atoms with Crippen molar-refractivity contribution < 1.29 is 4.79 Å². The zero-order valence-corrected chi connectivity index (χ0v) is 8.05. The molecule has 0 spiro atoms. The van der Waals surface area contributed by atoms with Crippen LogP contribution in [-0.2, 0) is 0 Å². The lowest BCUT2D eigenvalue weighted by atomic mass is 10.2. The molecule has 0 aliphatic carbocycles. The molecule has 1 fully saturated rings. The van der Waals surface area contributed by atoms with Crippen molar-refractivity contribution in [1.82, 2.24) is 15.5 Å². The van der Waals surface area contributed by atoms with Crippen LogP contribution in [0.4, 0.5) is 4.79 Å². The van der Waals surface area contributed by atoms with Crippen LogP contribution >= 0.6 is 0 Å². The molecule has 1 heterocycles. The van der Waals surface area contributed by atoms with Gasteiger partial charge in [-0.15, -0.1) is 6.58 Å². The maximum atomic E-state index is 11.4. The molecule has 1 aliphatic rings. The maximum Gasteiger partial charge on any atom is 0.317 e. The average Bonchev–Trinajstić information content (AvgIpc) is 2.14. The highest BCUT2D eigenvalue weighted by Crippen LogP contribution is 1.98. The first kappa shape index (κ1) is 10.1. The number of urea groups is 1. The van der Waals surface area contributed by atoms with E-state index in [-0.39, 0.29) is 6.03 Å². The van der Waals surface area contributed by atoms with Gasteiger partial charge in [0.15, 0.2) is 0 Å². The molecule has 0 aromatic heterocycles. The Kier molecular flexibility index (Phi) is 3.76.